The lowest BCUT2D eigenvalue weighted by atomic mass is 10.1. The van der Waals surface area contributed by atoms with Gasteiger partial charge in [-0.15, -0.1) is 0 Å². The summed E-state index contributed by atoms with van der Waals surface area (Å²) in [5.74, 6) is 0.587. The molecule has 0 bridgehead atoms. The van der Waals surface area contributed by atoms with E-state index in [9.17, 15) is 4.79 Å². The maximum absolute atomic E-state index is 12.1. The van der Waals surface area contributed by atoms with Gasteiger partial charge in [-0.3, -0.25) is 4.79 Å². The van der Waals surface area contributed by atoms with Gasteiger partial charge in [0, 0.05) is 0 Å². The van der Waals surface area contributed by atoms with Crippen molar-refractivity contribution in [3.63, 3.8) is 0 Å². The molecule has 3 heteroatoms. The summed E-state index contributed by atoms with van der Waals surface area (Å²) in [6.07, 6.45) is 0.868. The number of rotatable bonds is 7. The molecular weight excluding hydrogens is 228 g/mol. The van der Waals surface area contributed by atoms with E-state index in [1.165, 1.54) is 0 Å². The van der Waals surface area contributed by atoms with Gasteiger partial charge in [-0.2, -0.15) is 0 Å². The van der Waals surface area contributed by atoms with E-state index in [0.29, 0.717) is 17.9 Å². The smallest absolute Gasteiger partial charge is 0.192 e. The Morgan fingerprint density at radius 3 is 2.50 bits per heavy atom. The second-order valence-electron chi connectivity index (χ2n) is 4.75. The molecule has 0 fully saturated rings. The predicted molar refractivity (Wildman–Crippen MR) is 72.3 cm³/mol. The third kappa shape index (κ3) is 4.15. The fourth-order valence-electron chi connectivity index (χ4n) is 1.42. The predicted octanol–water partition coefficient (Wildman–Crippen LogP) is 3.47. The molecule has 100 valence electrons. The van der Waals surface area contributed by atoms with Gasteiger partial charge in [0.1, 0.15) is 12.4 Å². The Labute approximate surface area is 109 Å². The summed E-state index contributed by atoms with van der Waals surface area (Å²) in [5, 5.41) is 0. The minimum atomic E-state index is -0.268. The van der Waals surface area contributed by atoms with Crippen molar-refractivity contribution >= 4 is 5.78 Å². The van der Waals surface area contributed by atoms with Crippen LogP contribution in [-0.4, -0.2) is 24.6 Å². The molecule has 3 nitrogen and oxygen atoms in total. The normalized spacial score (nSPS) is 11.3. The minimum Gasteiger partial charge on any atom is -0.493 e. The molecule has 0 N–H and O–H groups in total. The van der Waals surface area contributed by atoms with E-state index >= 15 is 0 Å². The van der Waals surface area contributed by atoms with Crippen molar-refractivity contribution in [3.8, 4) is 5.75 Å². The summed E-state index contributed by atoms with van der Waals surface area (Å²) < 4.78 is 11.1. The zero-order valence-corrected chi connectivity index (χ0v) is 11.7. The fourth-order valence-corrected chi connectivity index (χ4v) is 1.42. The second-order valence-corrected chi connectivity index (χ2v) is 4.75. The van der Waals surface area contributed by atoms with Crippen molar-refractivity contribution in [2.45, 2.75) is 39.7 Å². The molecule has 0 aliphatic rings. The van der Waals surface area contributed by atoms with Crippen molar-refractivity contribution < 1.29 is 14.3 Å². The Morgan fingerprint density at radius 2 is 1.89 bits per heavy atom. The molecule has 0 spiro atoms. The Morgan fingerprint density at radius 1 is 1.22 bits per heavy atom. The fraction of sp³-hybridized carbons (Fsp3) is 0.533. The molecule has 0 aromatic heterocycles. The van der Waals surface area contributed by atoms with Crippen LogP contribution in [0.5, 0.6) is 5.75 Å². The first-order valence-corrected chi connectivity index (χ1v) is 6.39. The first-order valence-electron chi connectivity index (χ1n) is 6.39. The van der Waals surface area contributed by atoms with E-state index in [1.807, 2.05) is 45.9 Å². The van der Waals surface area contributed by atoms with Crippen LogP contribution in [0.2, 0.25) is 0 Å². The number of ketones is 1. The van der Waals surface area contributed by atoms with Gasteiger partial charge in [0.15, 0.2) is 5.78 Å². The molecule has 0 radical (unpaired) electrons. The van der Waals surface area contributed by atoms with Gasteiger partial charge < -0.3 is 9.47 Å². The van der Waals surface area contributed by atoms with E-state index in [1.54, 1.807) is 6.07 Å². The SMILES string of the molecule is CCOc1ccccc1C(=O)COC(C)(C)CC. The summed E-state index contributed by atoms with van der Waals surface area (Å²) in [4.78, 5) is 12.1. The van der Waals surface area contributed by atoms with Gasteiger partial charge in [0.2, 0.25) is 0 Å². The summed E-state index contributed by atoms with van der Waals surface area (Å²) in [7, 11) is 0. The summed E-state index contributed by atoms with van der Waals surface area (Å²) in [6, 6.07) is 7.27. The molecule has 0 aliphatic carbocycles. The molecule has 0 unspecified atom stereocenters. The van der Waals surface area contributed by atoms with Gasteiger partial charge in [-0.05, 0) is 39.3 Å². The quantitative estimate of drug-likeness (QED) is 0.695. The molecule has 1 aromatic rings. The topological polar surface area (TPSA) is 35.5 Å². The first-order chi connectivity index (χ1) is 8.50. The number of hydrogen-bond acceptors (Lipinski definition) is 3. The molecule has 0 aliphatic heterocycles. The highest BCUT2D eigenvalue weighted by atomic mass is 16.5. The number of carbonyl (C=O) groups is 1. The van der Waals surface area contributed by atoms with Gasteiger partial charge >= 0.3 is 0 Å². The third-order valence-electron chi connectivity index (χ3n) is 2.93. The lowest BCUT2D eigenvalue weighted by Crippen LogP contribution is -2.26. The van der Waals surface area contributed by atoms with Crippen LogP contribution in [0, 0.1) is 0 Å². The van der Waals surface area contributed by atoms with Crippen molar-refractivity contribution in [3.05, 3.63) is 29.8 Å². The molecule has 0 amide bonds. The molecule has 18 heavy (non-hydrogen) atoms. The highest BCUT2D eigenvalue weighted by molar-refractivity contribution is 5.99. The number of carbonyl (C=O) groups excluding carboxylic acids is 1. The van der Waals surface area contributed by atoms with Gasteiger partial charge in [-0.1, -0.05) is 19.1 Å². The third-order valence-corrected chi connectivity index (χ3v) is 2.93. The van der Waals surface area contributed by atoms with Crippen LogP contribution in [0.25, 0.3) is 0 Å². The van der Waals surface area contributed by atoms with Crippen molar-refractivity contribution in [2.24, 2.45) is 0 Å². The van der Waals surface area contributed by atoms with Crippen LogP contribution in [0.3, 0.4) is 0 Å². The zero-order valence-electron chi connectivity index (χ0n) is 11.7. The van der Waals surface area contributed by atoms with Crippen molar-refractivity contribution in [1.29, 1.82) is 0 Å². The van der Waals surface area contributed by atoms with Crippen molar-refractivity contribution in [1.82, 2.24) is 0 Å². The average molecular weight is 250 g/mol. The van der Waals surface area contributed by atoms with E-state index in [2.05, 4.69) is 0 Å². The molecular formula is C15H22O3. The number of ether oxygens (including phenoxy) is 2. The summed E-state index contributed by atoms with van der Waals surface area (Å²) in [6.45, 7) is 8.54. The zero-order chi connectivity index (χ0) is 13.6. The lowest BCUT2D eigenvalue weighted by Gasteiger charge is -2.23. The average Bonchev–Trinajstić information content (AvgIpc) is 2.37. The Hall–Kier alpha value is -1.35. The second kappa shape index (κ2) is 6.55. The van der Waals surface area contributed by atoms with E-state index in [4.69, 9.17) is 9.47 Å². The molecule has 0 saturated heterocycles. The highest BCUT2D eigenvalue weighted by Crippen LogP contribution is 2.20. The van der Waals surface area contributed by atoms with E-state index < -0.39 is 0 Å². The monoisotopic (exact) mass is 250 g/mol. The molecule has 1 rings (SSSR count). The van der Waals surface area contributed by atoms with Gasteiger partial charge in [0.25, 0.3) is 0 Å². The van der Waals surface area contributed by atoms with E-state index in [-0.39, 0.29) is 18.0 Å². The van der Waals surface area contributed by atoms with E-state index in [0.717, 1.165) is 6.42 Å². The Bertz CT molecular complexity index is 396. The maximum Gasteiger partial charge on any atom is 0.192 e. The largest absolute Gasteiger partial charge is 0.493 e. The van der Waals surface area contributed by atoms with Crippen LogP contribution >= 0.6 is 0 Å². The molecule has 0 atom stereocenters. The van der Waals surface area contributed by atoms with Gasteiger partial charge in [-0.25, -0.2) is 0 Å². The van der Waals surface area contributed by atoms with Crippen LogP contribution in [0.4, 0.5) is 0 Å². The van der Waals surface area contributed by atoms with Gasteiger partial charge in [0.05, 0.1) is 17.8 Å². The van der Waals surface area contributed by atoms with Crippen LogP contribution < -0.4 is 4.74 Å². The minimum absolute atomic E-state index is 0.0411. The Balaban J connectivity index is 2.72. The maximum atomic E-state index is 12.1. The number of benzene rings is 1. The van der Waals surface area contributed by atoms with Crippen molar-refractivity contribution in [2.75, 3.05) is 13.2 Å². The number of Topliss-reactive ketones (excluding diaryl/α,β-unsaturated/α-hetero) is 1. The standard InChI is InChI=1S/C15H22O3/c1-5-15(3,4)18-11-13(16)12-9-7-8-10-14(12)17-6-2/h7-10H,5-6,11H2,1-4H3. The number of hydrogen-bond donors (Lipinski definition) is 0. The molecule has 1 aromatic carbocycles. The van der Waals surface area contributed by atoms with Crippen LogP contribution in [0.15, 0.2) is 24.3 Å². The highest BCUT2D eigenvalue weighted by Gasteiger charge is 2.19. The first kappa shape index (κ1) is 14.7. The molecule has 0 saturated carbocycles. The lowest BCUT2D eigenvalue weighted by molar-refractivity contribution is -0.0123. The molecule has 0 heterocycles. The van der Waals surface area contributed by atoms with Crippen LogP contribution in [0.1, 0.15) is 44.5 Å². The van der Waals surface area contributed by atoms with Crippen LogP contribution in [-0.2, 0) is 4.74 Å². The number of para-hydroxylation sites is 1. The summed E-state index contributed by atoms with van der Waals surface area (Å²) >= 11 is 0. The Kier molecular flexibility index (Phi) is 5.35. The summed E-state index contributed by atoms with van der Waals surface area (Å²) in [5.41, 5.74) is 0.321.